The molecule has 1 aromatic carbocycles. The van der Waals surface area contributed by atoms with Gasteiger partial charge in [0.1, 0.15) is 5.82 Å². The lowest BCUT2D eigenvalue weighted by Crippen LogP contribution is -2.46. The van der Waals surface area contributed by atoms with Gasteiger partial charge in [0, 0.05) is 5.56 Å². The number of carbonyl (C=O) groups excluding carboxylic acids is 1. The van der Waals surface area contributed by atoms with E-state index in [2.05, 4.69) is 5.32 Å². The molecule has 1 aliphatic rings. The summed E-state index contributed by atoms with van der Waals surface area (Å²) in [4.78, 5) is 11.4. The normalized spacial score (nSPS) is 18.3. The Morgan fingerprint density at radius 2 is 2.13 bits per heavy atom. The highest BCUT2D eigenvalue weighted by molar-refractivity contribution is 6.30. The summed E-state index contributed by atoms with van der Waals surface area (Å²) in [6.07, 6.45) is 0.0607. The molecule has 4 heteroatoms. The molecule has 0 saturated carbocycles. The average Bonchev–Trinajstić information content (AvgIpc) is 2.10. The lowest BCUT2D eigenvalue weighted by molar-refractivity contribution is -0.122. The highest BCUT2D eigenvalue weighted by Crippen LogP contribution is 2.32. The Morgan fingerprint density at radius 3 is 2.80 bits per heavy atom. The second kappa shape index (κ2) is 3.20. The van der Waals surface area contributed by atoms with Crippen LogP contribution in [0.3, 0.4) is 0 Å². The summed E-state index contributed by atoms with van der Waals surface area (Å²) in [7, 11) is 0. The topological polar surface area (TPSA) is 29.1 Å². The number of rotatable bonds is 0. The fourth-order valence-corrected chi connectivity index (χ4v) is 2.15. The van der Waals surface area contributed by atoms with Crippen LogP contribution in [0.2, 0.25) is 5.02 Å². The molecule has 1 aromatic rings. The maximum Gasteiger partial charge on any atom is 0.225 e. The molecule has 0 spiro atoms. The summed E-state index contributed by atoms with van der Waals surface area (Å²) < 4.78 is 13.7. The molecule has 2 rings (SSSR count). The van der Waals surface area contributed by atoms with Gasteiger partial charge in [0.05, 0.1) is 17.0 Å². The number of carbonyl (C=O) groups is 1. The van der Waals surface area contributed by atoms with E-state index in [0.717, 1.165) is 5.56 Å². The molecule has 0 radical (unpaired) electrons. The third-order valence-corrected chi connectivity index (χ3v) is 2.95. The maximum absolute atomic E-state index is 13.7. The number of nitrogens with one attached hydrogen (secondary N) is 1. The molecular formula is C11H11ClFNO. The monoisotopic (exact) mass is 227 g/mol. The zero-order chi connectivity index (χ0) is 11.2. The van der Waals surface area contributed by atoms with E-state index in [1.807, 2.05) is 13.8 Å². The van der Waals surface area contributed by atoms with E-state index < -0.39 is 11.4 Å². The van der Waals surface area contributed by atoms with E-state index in [4.69, 9.17) is 11.6 Å². The van der Waals surface area contributed by atoms with E-state index in [1.54, 1.807) is 6.07 Å². The van der Waals surface area contributed by atoms with Crippen LogP contribution in [0.1, 0.15) is 25.0 Å². The van der Waals surface area contributed by atoms with Crippen LogP contribution in [-0.2, 0) is 16.8 Å². The fourth-order valence-electron chi connectivity index (χ4n) is 1.97. The first-order valence-corrected chi connectivity index (χ1v) is 5.08. The molecule has 15 heavy (non-hydrogen) atoms. The number of halogens is 2. The lowest BCUT2D eigenvalue weighted by Gasteiger charge is -2.33. The molecule has 1 heterocycles. The summed E-state index contributed by atoms with van der Waals surface area (Å²) in [5.41, 5.74) is 0.677. The third kappa shape index (κ3) is 1.61. The molecule has 0 fully saturated rings. The first kappa shape index (κ1) is 10.4. The van der Waals surface area contributed by atoms with Gasteiger partial charge in [0.25, 0.3) is 0 Å². The minimum absolute atomic E-state index is 0.0607. The molecule has 1 amide bonds. The van der Waals surface area contributed by atoms with Crippen molar-refractivity contribution in [3.05, 3.63) is 34.1 Å². The van der Waals surface area contributed by atoms with E-state index in [-0.39, 0.29) is 17.4 Å². The minimum Gasteiger partial charge on any atom is -0.347 e. The SMILES string of the molecule is CC1(C)NC(=O)Cc2c1ccc(Cl)c2F. The van der Waals surface area contributed by atoms with Gasteiger partial charge in [0.15, 0.2) is 0 Å². The quantitative estimate of drug-likeness (QED) is 0.725. The van der Waals surface area contributed by atoms with E-state index in [9.17, 15) is 9.18 Å². The number of hydrogen-bond donors (Lipinski definition) is 1. The van der Waals surface area contributed by atoms with Gasteiger partial charge in [-0.15, -0.1) is 0 Å². The van der Waals surface area contributed by atoms with Crippen LogP contribution in [0.15, 0.2) is 12.1 Å². The van der Waals surface area contributed by atoms with Crippen LogP contribution in [0, 0.1) is 5.82 Å². The van der Waals surface area contributed by atoms with E-state index in [1.165, 1.54) is 6.07 Å². The van der Waals surface area contributed by atoms with Crippen LogP contribution < -0.4 is 5.32 Å². The highest BCUT2D eigenvalue weighted by atomic mass is 35.5. The van der Waals surface area contributed by atoms with Crippen molar-refractivity contribution in [3.8, 4) is 0 Å². The Hall–Kier alpha value is -1.09. The summed E-state index contributed by atoms with van der Waals surface area (Å²) >= 11 is 5.68. The van der Waals surface area contributed by atoms with Gasteiger partial charge in [-0.1, -0.05) is 17.7 Å². The largest absolute Gasteiger partial charge is 0.347 e. The zero-order valence-electron chi connectivity index (χ0n) is 8.53. The molecular weight excluding hydrogens is 217 g/mol. The number of fused-ring (bicyclic) bond motifs is 1. The molecule has 0 saturated heterocycles. The predicted octanol–water partition coefficient (Wildman–Crippen LogP) is 2.39. The van der Waals surface area contributed by atoms with Crippen molar-refractivity contribution in [2.45, 2.75) is 25.8 Å². The first-order valence-electron chi connectivity index (χ1n) is 4.70. The average molecular weight is 228 g/mol. The Kier molecular flexibility index (Phi) is 2.23. The van der Waals surface area contributed by atoms with Gasteiger partial charge in [-0.25, -0.2) is 4.39 Å². The van der Waals surface area contributed by atoms with Crippen LogP contribution in [-0.4, -0.2) is 5.91 Å². The van der Waals surface area contributed by atoms with Gasteiger partial charge in [-0.2, -0.15) is 0 Å². The van der Waals surface area contributed by atoms with Crippen LogP contribution in [0.25, 0.3) is 0 Å². The highest BCUT2D eigenvalue weighted by Gasteiger charge is 2.33. The van der Waals surface area contributed by atoms with Crippen LogP contribution in [0.4, 0.5) is 4.39 Å². The van der Waals surface area contributed by atoms with Crippen molar-refractivity contribution in [2.24, 2.45) is 0 Å². The number of amides is 1. The van der Waals surface area contributed by atoms with Gasteiger partial charge >= 0.3 is 0 Å². The summed E-state index contributed by atoms with van der Waals surface area (Å²) in [6.45, 7) is 3.69. The standard InChI is InChI=1S/C11H11ClFNO/c1-11(2)7-3-4-8(12)10(13)6(7)5-9(15)14-11/h3-4H,5H2,1-2H3,(H,14,15). The molecule has 2 nitrogen and oxygen atoms in total. The molecule has 80 valence electrons. The summed E-state index contributed by atoms with van der Waals surface area (Å²) in [5.74, 6) is -0.647. The molecule has 1 N–H and O–H groups in total. The Bertz CT molecular complexity index is 442. The fraction of sp³-hybridized carbons (Fsp3) is 0.364. The summed E-state index contributed by atoms with van der Waals surface area (Å²) in [6, 6.07) is 3.29. The first-order chi connectivity index (χ1) is 6.92. The smallest absolute Gasteiger partial charge is 0.225 e. The van der Waals surface area contributed by atoms with Crippen LogP contribution >= 0.6 is 11.6 Å². The van der Waals surface area contributed by atoms with Gasteiger partial charge in [0.2, 0.25) is 5.91 Å². The number of hydrogen-bond acceptors (Lipinski definition) is 1. The van der Waals surface area contributed by atoms with Crippen LogP contribution in [0.5, 0.6) is 0 Å². The lowest BCUT2D eigenvalue weighted by atomic mass is 9.85. The van der Waals surface area contributed by atoms with Crippen molar-refractivity contribution in [3.63, 3.8) is 0 Å². The van der Waals surface area contributed by atoms with Gasteiger partial charge < -0.3 is 5.32 Å². The second-order valence-electron chi connectivity index (χ2n) is 4.24. The van der Waals surface area contributed by atoms with Crippen molar-refractivity contribution >= 4 is 17.5 Å². The van der Waals surface area contributed by atoms with Crippen molar-refractivity contribution in [2.75, 3.05) is 0 Å². The van der Waals surface area contributed by atoms with Crippen molar-refractivity contribution in [1.82, 2.24) is 5.32 Å². The van der Waals surface area contributed by atoms with E-state index >= 15 is 0 Å². The van der Waals surface area contributed by atoms with E-state index in [0.29, 0.717) is 5.56 Å². The second-order valence-corrected chi connectivity index (χ2v) is 4.64. The Morgan fingerprint density at radius 1 is 1.47 bits per heavy atom. The van der Waals surface area contributed by atoms with Crippen molar-refractivity contribution in [1.29, 1.82) is 0 Å². The molecule has 0 aromatic heterocycles. The van der Waals surface area contributed by atoms with Gasteiger partial charge in [-0.05, 0) is 25.5 Å². The van der Waals surface area contributed by atoms with Crippen molar-refractivity contribution < 1.29 is 9.18 Å². The maximum atomic E-state index is 13.7. The number of benzene rings is 1. The summed E-state index contributed by atoms with van der Waals surface area (Å²) in [5, 5.41) is 2.88. The molecule has 0 aliphatic carbocycles. The third-order valence-electron chi connectivity index (χ3n) is 2.66. The molecule has 0 bridgehead atoms. The minimum atomic E-state index is -0.532. The Labute approximate surface area is 92.4 Å². The Balaban J connectivity index is 2.67. The predicted molar refractivity (Wildman–Crippen MR) is 56.3 cm³/mol. The zero-order valence-corrected chi connectivity index (χ0v) is 9.28. The molecule has 0 unspecified atom stereocenters. The molecule has 1 aliphatic heterocycles. The molecule has 0 atom stereocenters. The van der Waals surface area contributed by atoms with Gasteiger partial charge in [-0.3, -0.25) is 4.79 Å².